The smallest absolute Gasteiger partial charge is 0.164 e. The van der Waals surface area contributed by atoms with E-state index in [2.05, 4.69) is 6.07 Å². The summed E-state index contributed by atoms with van der Waals surface area (Å²) < 4.78 is 10.8. The van der Waals surface area contributed by atoms with E-state index < -0.39 is 0 Å². The lowest BCUT2D eigenvalue weighted by molar-refractivity contribution is 0.349. The minimum atomic E-state index is 0.532. The summed E-state index contributed by atoms with van der Waals surface area (Å²) in [5.74, 6) is 2.26. The first kappa shape index (κ1) is 11.3. The molecule has 16 heavy (non-hydrogen) atoms. The lowest BCUT2D eigenvalue weighted by atomic mass is 9.96. The van der Waals surface area contributed by atoms with E-state index in [9.17, 15) is 0 Å². The molecule has 0 aliphatic heterocycles. The molecule has 0 bridgehead atoms. The molecule has 1 aromatic carbocycles. The second kappa shape index (κ2) is 4.74. The van der Waals surface area contributed by atoms with Gasteiger partial charge in [-0.1, -0.05) is 6.07 Å². The van der Waals surface area contributed by atoms with E-state index in [0.29, 0.717) is 5.92 Å². The highest BCUT2D eigenvalue weighted by Crippen LogP contribution is 2.45. The maximum atomic E-state index is 5.66. The van der Waals surface area contributed by atoms with Crippen LogP contribution in [0.2, 0.25) is 0 Å². The number of ether oxygens (including phenoxy) is 2. The van der Waals surface area contributed by atoms with Crippen LogP contribution >= 0.6 is 0 Å². The number of nitrogens with two attached hydrogens (primary N) is 1. The molecule has 3 nitrogen and oxygen atoms in total. The van der Waals surface area contributed by atoms with E-state index >= 15 is 0 Å². The van der Waals surface area contributed by atoms with Gasteiger partial charge in [0.2, 0.25) is 0 Å². The second-order valence-corrected chi connectivity index (χ2v) is 4.19. The zero-order valence-corrected chi connectivity index (χ0v) is 9.95. The normalized spacial score (nSPS) is 18.3. The van der Waals surface area contributed by atoms with Crippen molar-refractivity contribution in [2.24, 2.45) is 5.73 Å². The highest BCUT2D eigenvalue weighted by Gasteiger charge is 2.27. The minimum Gasteiger partial charge on any atom is -0.493 e. The third kappa shape index (κ3) is 1.76. The second-order valence-electron chi connectivity index (χ2n) is 4.19. The summed E-state index contributed by atoms with van der Waals surface area (Å²) in [7, 11) is 3.38. The number of benzene rings is 1. The van der Waals surface area contributed by atoms with Crippen molar-refractivity contribution >= 4 is 0 Å². The summed E-state index contributed by atoms with van der Waals surface area (Å²) in [4.78, 5) is 0. The maximum Gasteiger partial charge on any atom is 0.164 e. The summed E-state index contributed by atoms with van der Waals surface area (Å²) in [6.07, 6.45) is 3.33. The molecule has 1 aliphatic rings. The molecule has 2 rings (SSSR count). The number of aryl methyl sites for hydroxylation is 1. The van der Waals surface area contributed by atoms with Gasteiger partial charge in [-0.25, -0.2) is 0 Å². The van der Waals surface area contributed by atoms with Gasteiger partial charge < -0.3 is 15.2 Å². The topological polar surface area (TPSA) is 44.5 Å². The van der Waals surface area contributed by atoms with Crippen LogP contribution in [0, 0.1) is 0 Å². The van der Waals surface area contributed by atoms with Crippen LogP contribution in [0.4, 0.5) is 0 Å². The highest BCUT2D eigenvalue weighted by atomic mass is 16.5. The largest absolute Gasteiger partial charge is 0.493 e. The van der Waals surface area contributed by atoms with Crippen molar-refractivity contribution < 1.29 is 9.47 Å². The molecule has 0 saturated carbocycles. The average Bonchev–Trinajstić information content (AvgIpc) is 2.72. The van der Waals surface area contributed by atoms with Gasteiger partial charge in [0, 0.05) is 5.56 Å². The Labute approximate surface area is 96.5 Å². The van der Waals surface area contributed by atoms with Crippen LogP contribution in [-0.4, -0.2) is 20.8 Å². The predicted octanol–water partition coefficient (Wildman–Crippen LogP) is 2.08. The SMILES string of the molecule is COc1ccc2c(c1OC)[C@H](CCN)CC2. The van der Waals surface area contributed by atoms with Gasteiger partial charge in [-0.2, -0.15) is 0 Å². The lowest BCUT2D eigenvalue weighted by Crippen LogP contribution is -2.06. The van der Waals surface area contributed by atoms with E-state index in [1.807, 2.05) is 6.07 Å². The first-order valence-electron chi connectivity index (χ1n) is 5.75. The Morgan fingerprint density at radius 3 is 2.75 bits per heavy atom. The Balaban J connectivity index is 2.44. The molecule has 0 unspecified atom stereocenters. The van der Waals surface area contributed by atoms with Crippen LogP contribution in [0.25, 0.3) is 0 Å². The van der Waals surface area contributed by atoms with Crippen LogP contribution in [0.3, 0.4) is 0 Å². The molecule has 0 radical (unpaired) electrons. The third-order valence-corrected chi connectivity index (χ3v) is 3.36. The van der Waals surface area contributed by atoms with Crippen molar-refractivity contribution in [2.75, 3.05) is 20.8 Å². The molecular weight excluding hydrogens is 202 g/mol. The zero-order valence-electron chi connectivity index (χ0n) is 9.95. The molecular formula is C13H19NO2. The Morgan fingerprint density at radius 1 is 1.31 bits per heavy atom. The van der Waals surface area contributed by atoms with Crippen LogP contribution in [0.15, 0.2) is 12.1 Å². The quantitative estimate of drug-likeness (QED) is 0.846. The van der Waals surface area contributed by atoms with E-state index in [-0.39, 0.29) is 0 Å². The van der Waals surface area contributed by atoms with Crippen LogP contribution < -0.4 is 15.2 Å². The summed E-state index contributed by atoms with van der Waals surface area (Å²) in [5.41, 5.74) is 8.35. The Bertz CT molecular complexity index is 374. The zero-order chi connectivity index (χ0) is 11.5. The summed E-state index contributed by atoms with van der Waals surface area (Å²) in [6.45, 7) is 0.727. The van der Waals surface area contributed by atoms with Gasteiger partial charge >= 0.3 is 0 Å². The van der Waals surface area contributed by atoms with Crippen molar-refractivity contribution in [3.8, 4) is 11.5 Å². The Morgan fingerprint density at radius 2 is 2.12 bits per heavy atom. The average molecular weight is 221 g/mol. The fraction of sp³-hybridized carbons (Fsp3) is 0.538. The van der Waals surface area contributed by atoms with E-state index in [4.69, 9.17) is 15.2 Å². The van der Waals surface area contributed by atoms with Gasteiger partial charge in [0.15, 0.2) is 11.5 Å². The molecule has 0 amide bonds. The molecule has 1 aromatic rings. The van der Waals surface area contributed by atoms with Crippen molar-refractivity contribution in [1.29, 1.82) is 0 Å². The lowest BCUT2D eigenvalue weighted by Gasteiger charge is -2.16. The maximum absolute atomic E-state index is 5.66. The van der Waals surface area contributed by atoms with Gasteiger partial charge in [-0.15, -0.1) is 0 Å². The predicted molar refractivity (Wildman–Crippen MR) is 64.3 cm³/mol. The number of methoxy groups -OCH3 is 2. The van der Waals surface area contributed by atoms with Crippen molar-refractivity contribution in [1.82, 2.24) is 0 Å². The van der Waals surface area contributed by atoms with Crippen molar-refractivity contribution in [3.63, 3.8) is 0 Å². The Kier molecular flexibility index (Phi) is 3.34. The van der Waals surface area contributed by atoms with Crippen molar-refractivity contribution in [2.45, 2.75) is 25.2 Å². The van der Waals surface area contributed by atoms with E-state index in [1.165, 1.54) is 17.5 Å². The monoisotopic (exact) mass is 221 g/mol. The van der Waals surface area contributed by atoms with Gasteiger partial charge in [-0.3, -0.25) is 0 Å². The van der Waals surface area contributed by atoms with E-state index in [1.54, 1.807) is 14.2 Å². The molecule has 0 heterocycles. The summed E-state index contributed by atoms with van der Waals surface area (Å²) in [6, 6.07) is 4.13. The molecule has 0 spiro atoms. The van der Waals surface area contributed by atoms with Crippen LogP contribution in [-0.2, 0) is 6.42 Å². The molecule has 1 atom stereocenters. The fourth-order valence-electron chi connectivity index (χ4n) is 2.62. The summed E-state index contributed by atoms with van der Waals surface area (Å²) in [5, 5.41) is 0. The summed E-state index contributed by atoms with van der Waals surface area (Å²) >= 11 is 0. The molecule has 0 fully saturated rings. The van der Waals surface area contributed by atoms with Gasteiger partial charge in [-0.05, 0) is 43.4 Å². The standard InChI is InChI=1S/C13H19NO2/c1-15-11-6-5-9-3-4-10(7-8-14)12(9)13(11)16-2/h5-6,10H,3-4,7-8,14H2,1-2H3/t10-/m0/s1. The number of rotatable bonds is 4. The molecule has 88 valence electrons. The molecule has 0 aromatic heterocycles. The number of hydrogen-bond donors (Lipinski definition) is 1. The van der Waals surface area contributed by atoms with Crippen LogP contribution in [0.5, 0.6) is 11.5 Å². The van der Waals surface area contributed by atoms with Crippen molar-refractivity contribution in [3.05, 3.63) is 23.3 Å². The number of hydrogen-bond acceptors (Lipinski definition) is 3. The van der Waals surface area contributed by atoms with Gasteiger partial charge in [0.25, 0.3) is 0 Å². The minimum absolute atomic E-state index is 0.532. The van der Waals surface area contributed by atoms with Gasteiger partial charge in [0.1, 0.15) is 0 Å². The van der Waals surface area contributed by atoms with E-state index in [0.717, 1.165) is 30.9 Å². The molecule has 1 aliphatic carbocycles. The third-order valence-electron chi connectivity index (χ3n) is 3.36. The van der Waals surface area contributed by atoms with Crippen LogP contribution in [0.1, 0.15) is 29.9 Å². The first-order chi connectivity index (χ1) is 7.81. The van der Waals surface area contributed by atoms with Gasteiger partial charge in [0.05, 0.1) is 14.2 Å². The number of fused-ring (bicyclic) bond motifs is 1. The highest BCUT2D eigenvalue weighted by molar-refractivity contribution is 5.54. The fourth-order valence-corrected chi connectivity index (χ4v) is 2.62. The molecule has 2 N–H and O–H groups in total. The molecule has 0 saturated heterocycles. The first-order valence-corrected chi connectivity index (χ1v) is 5.75. The molecule has 3 heteroatoms. The Hall–Kier alpha value is -1.22.